The number of rotatable bonds is 5. The van der Waals surface area contributed by atoms with Crippen LogP contribution in [0, 0.1) is 13.8 Å². The van der Waals surface area contributed by atoms with Crippen LogP contribution in [0.25, 0.3) is 0 Å². The van der Waals surface area contributed by atoms with Crippen molar-refractivity contribution in [2.75, 3.05) is 12.4 Å². The molecule has 0 atom stereocenters. The van der Waals surface area contributed by atoms with Gasteiger partial charge in [0.15, 0.2) is 10.9 Å². The number of ketones is 1. The molecule has 1 aromatic carbocycles. The number of hydrogen-bond donors (Lipinski definition) is 1. The van der Waals surface area contributed by atoms with Crippen molar-refractivity contribution in [2.24, 2.45) is 0 Å². The number of methoxy groups -OCH3 is 1. The summed E-state index contributed by atoms with van der Waals surface area (Å²) in [7, 11) is 1.54. The lowest BCUT2D eigenvalue weighted by molar-refractivity contribution is -0.115. The number of carbonyl (C=O) groups is 2. The lowest BCUT2D eigenvalue weighted by atomic mass is 10.0. The Hall–Kier alpha value is -2.21. The second kappa shape index (κ2) is 6.70. The van der Waals surface area contributed by atoms with Gasteiger partial charge in [-0.3, -0.25) is 9.59 Å². The van der Waals surface area contributed by atoms with E-state index in [4.69, 9.17) is 4.74 Å². The van der Waals surface area contributed by atoms with Gasteiger partial charge in [0.05, 0.1) is 19.2 Å². The van der Waals surface area contributed by atoms with Gasteiger partial charge in [-0.05, 0) is 39.0 Å². The monoisotopic (exact) mass is 318 g/mol. The quantitative estimate of drug-likeness (QED) is 0.860. The van der Waals surface area contributed by atoms with E-state index in [1.807, 2.05) is 13.8 Å². The first-order valence-electron chi connectivity index (χ1n) is 6.82. The maximum atomic E-state index is 12.2. The van der Waals surface area contributed by atoms with Gasteiger partial charge in [0, 0.05) is 16.0 Å². The Kier molecular flexibility index (Phi) is 4.92. The molecule has 0 saturated carbocycles. The summed E-state index contributed by atoms with van der Waals surface area (Å²) < 4.78 is 5.25. The first-order valence-corrected chi connectivity index (χ1v) is 7.64. The normalized spacial score (nSPS) is 10.4. The number of nitrogens with zero attached hydrogens (tertiary/aromatic N) is 1. The molecule has 1 heterocycles. The number of Topliss-reactive ketones (excluding diaryl/α,β-unsaturated/α-hetero) is 1. The summed E-state index contributed by atoms with van der Waals surface area (Å²) in [6, 6.07) is 5.09. The third kappa shape index (κ3) is 3.71. The largest absolute Gasteiger partial charge is 0.496 e. The minimum atomic E-state index is -0.187. The number of benzene rings is 1. The zero-order chi connectivity index (χ0) is 16.3. The van der Waals surface area contributed by atoms with E-state index in [-0.39, 0.29) is 18.1 Å². The van der Waals surface area contributed by atoms with Gasteiger partial charge >= 0.3 is 0 Å². The van der Waals surface area contributed by atoms with Crippen LogP contribution in [0.3, 0.4) is 0 Å². The smallest absolute Gasteiger partial charge is 0.230 e. The van der Waals surface area contributed by atoms with Crippen LogP contribution in [0.5, 0.6) is 5.75 Å². The van der Waals surface area contributed by atoms with Crippen LogP contribution in [0.15, 0.2) is 18.2 Å². The third-order valence-corrected chi connectivity index (χ3v) is 4.30. The lowest BCUT2D eigenvalue weighted by Gasteiger charge is -2.09. The molecule has 0 spiro atoms. The highest BCUT2D eigenvalue weighted by Gasteiger charge is 2.13. The average Bonchev–Trinajstić information content (AvgIpc) is 2.76. The fourth-order valence-electron chi connectivity index (χ4n) is 2.00. The Bertz CT molecular complexity index is 703. The molecular weight excluding hydrogens is 300 g/mol. The standard InChI is InChI=1S/C16H18N2O3S/c1-9-11(3)22-16(17-9)18-15(20)8-13-7-12(10(2)19)5-6-14(13)21-4/h5-7H,8H2,1-4H3,(H,17,18,20). The molecule has 1 aromatic heterocycles. The van der Waals surface area contributed by atoms with Gasteiger partial charge in [0.1, 0.15) is 5.75 Å². The molecule has 0 aliphatic rings. The second-order valence-corrected chi connectivity index (χ2v) is 6.17. The number of ether oxygens (including phenoxy) is 1. The maximum absolute atomic E-state index is 12.2. The maximum Gasteiger partial charge on any atom is 0.230 e. The SMILES string of the molecule is COc1ccc(C(C)=O)cc1CC(=O)Nc1nc(C)c(C)s1. The molecule has 0 bridgehead atoms. The van der Waals surface area contributed by atoms with E-state index in [9.17, 15) is 9.59 Å². The summed E-state index contributed by atoms with van der Waals surface area (Å²) in [4.78, 5) is 29.0. The number of aryl methyl sites for hydroxylation is 2. The highest BCUT2D eigenvalue weighted by atomic mass is 32.1. The van der Waals surface area contributed by atoms with Crippen molar-refractivity contribution in [3.8, 4) is 5.75 Å². The Morgan fingerprint density at radius 1 is 1.32 bits per heavy atom. The molecule has 0 unspecified atom stereocenters. The van der Waals surface area contributed by atoms with Crippen molar-refractivity contribution in [3.63, 3.8) is 0 Å². The third-order valence-electron chi connectivity index (χ3n) is 3.31. The fraction of sp³-hybridized carbons (Fsp3) is 0.312. The van der Waals surface area contributed by atoms with Gasteiger partial charge in [0.2, 0.25) is 5.91 Å². The number of aromatic nitrogens is 1. The molecule has 1 N–H and O–H groups in total. The predicted molar refractivity (Wildman–Crippen MR) is 86.9 cm³/mol. The molecule has 116 valence electrons. The van der Waals surface area contributed by atoms with Crippen LogP contribution in [-0.2, 0) is 11.2 Å². The van der Waals surface area contributed by atoms with Crippen LogP contribution >= 0.6 is 11.3 Å². The van der Waals surface area contributed by atoms with Crippen LogP contribution in [-0.4, -0.2) is 23.8 Å². The van der Waals surface area contributed by atoms with Crippen LogP contribution < -0.4 is 10.1 Å². The summed E-state index contributed by atoms with van der Waals surface area (Å²) >= 11 is 1.44. The fourth-order valence-corrected chi connectivity index (χ4v) is 2.83. The summed E-state index contributed by atoms with van der Waals surface area (Å²) in [5.41, 5.74) is 2.15. The number of thiazole rings is 1. The lowest BCUT2D eigenvalue weighted by Crippen LogP contribution is -2.15. The van der Waals surface area contributed by atoms with Crippen molar-refractivity contribution in [3.05, 3.63) is 39.9 Å². The summed E-state index contributed by atoms with van der Waals surface area (Å²) in [5.74, 6) is 0.356. The van der Waals surface area contributed by atoms with E-state index in [2.05, 4.69) is 10.3 Å². The van der Waals surface area contributed by atoms with E-state index in [0.29, 0.717) is 22.0 Å². The molecule has 0 aliphatic carbocycles. The second-order valence-electron chi connectivity index (χ2n) is 4.97. The predicted octanol–water partition coefficient (Wildman–Crippen LogP) is 3.15. The van der Waals surface area contributed by atoms with E-state index in [1.54, 1.807) is 18.2 Å². The van der Waals surface area contributed by atoms with Gasteiger partial charge in [-0.15, -0.1) is 11.3 Å². The van der Waals surface area contributed by atoms with Crippen molar-refractivity contribution >= 4 is 28.2 Å². The van der Waals surface area contributed by atoms with Crippen molar-refractivity contribution in [1.82, 2.24) is 4.98 Å². The van der Waals surface area contributed by atoms with E-state index in [0.717, 1.165) is 10.6 Å². The number of carbonyl (C=O) groups excluding carboxylic acids is 2. The first kappa shape index (κ1) is 16.2. The minimum Gasteiger partial charge on any atom is -0.496 e. The number of amides is 1. The average molecular weight is 318 g/mol. The summed E-state index contributed by atoms with van der Waals surface area (Å²) in [5, 5.41) is 3.36. The molecule has 6 heteroatoms. The van der Waals surface area contributed by atoms with Gasteiger partial charge in [0.25, 0.3) is 0 Å². The Morgan fingerprint density at radius 2 is 2.05 bits per heavy atom. The van der Waals surface area contributed by atoms with Crippen LogP contribution in [0.4, 0.5) is 5.13 Å². The molecule has 22 heavy (non-hydrogen) atoms. The van der Waals surface area contributed by atoms with Crippen LogP contribution in [0.1, 0.15) is 33.4 Å². The molecule has 0 saturated heterocycles. The molecule has 0 radical (unpaired) electrons. The highest BCUT2D eigenvalue weighted by molar-refractivity contribution is 7.15. The summed E-state index contributed by atoms with van der Waals surface area (Å²) in [6.45, 7) is 5.36. The number of anilines is 1. The van der Waals surface area contributed by atoms with E-state index in [1.165, 1.54) is 25.4 Å². The molecular formula is C16H18N2O3S. The van der Waals surface area contributed by atoms with Crippen molar-refractivity contribution in [1.29, 1.82) is 0 Å². The van der Waals surface area contributed by atoms with Crippen molar-refractivity contribution < 1.29 is 14.3 Å². The number of hydrogen-bond acceptors (Lipinski definition) is 5. The first-order chi connectivity index (χ1) is 10.4. The minimum absolute atomic E-state index is 0.0458. The van der Waals surface area contributed by atoms with E-state index >= 15 is 0 Å². The van der Waals surface area contributed by atoms with Gasteiger partial charge < -0.3 is 10.1 Å². The summed E-state index contributed by atoms with van der Waals surface area (Å²) in [6.07, 6.45) is 0.127. The number of nitrogens with one attached hydrogen (secondary N) is 1. The molecule has 1 amide bonds. The molecule has 2 rings (SSSR count). The topological polar surface area (TPSA) is 68.3 Å². The zero-order valence-electron chi connectivity index (χ0n) is 13.0. The molecule has 0 aliphatic heterocycles. The molecule has 5 nitrogen and oxygen atoms in total. The Balaban J connectivity index is 2.16. The van der Waals surface area contributed by atoms with E-state index < -0.39 is 0 Å². The van der Waals surface area contributed by atoms with Crippen LogP contribution in [0.2, 0.25) is 0 Å². The molecule has 2 aromatic rings. The Morgan fingerprint density at radius 3 is 2.59 bits per heavy atom. The highest BCUT2D eigenvalue weighted by Crippen LogP contribution is 2.23. The Labute approximate surface area is 133 Å². The van der Waals surface area contributed by atoms with Gasteiger partial charge in [-0.2, -0.15) is 0 Å². The zero-order valence-corrected chi connectivity index (χ0v) is 13.8. The van der Waals surface area contributed by atoms with Gasteiger partial charge in [-0.25, -0.2) is 4.98 Å². The van der Waals surface area contributed by atoms with Crippen molar-refractivity contribution in [2.45, 2.75) is 27.2 Å². The van der Waals surface area contributed by atoms with Gasteiger partial charge in [-0.1, -0.05) is 0 Å². The molecule has 0 fully saturated rings.